The molecule has 1 aliphatic carbocycles. The number of para-hydroxylation sites is 2. The predicted octanol–water partition coefficient (Wildman–Crippen LogP) is 11.8. The second kappa shape index (κ2) is 9.34. The molecular weight excluding hydrogens is 609 g/mol. The van der Waals surface area contributed by atoms with Crippen LogP contribution in [0.5, 0.6) is 0 Å². The average molecular weight is 637 g/mol. The van der Waals surface area contributed by atoms with Gasteiger partial charge in [0.05, 0.1) is 33.3 Å². The lowest BCUT2D eigenvalue weighted by molar-refractivity contribution is 0.913. The summed E-state index contributed by atoms with van der Waals surface area (Å²) in [5, 5.41) is 12.8. The molecule has 50 heavy (non-hydrogen) atoms. The van der Waals surface area contributed by atoms with Gasteiger partial charge in [0.2, 0.25) is 0 Å². The highest BCUT2D eigenvalue weighted by Gasteiger charge is 2.26. The third kappa shape index (κ3) is 3.21. The summed E-state index contributed by atoms with van der Waals surface area (Å²) in [6.07, 6.45) is 6.28. The van der Waals surface area contributed by atoms with Crippen LogP contribution in [0.2, 0.25) is 0 Å². The SMILES string of the molecule is CC1C=Cc2cnc(-c3ccc(-n4c5ccc6ccccc6c5c5c6ccccc6c6c(c7cccc8c9ccccc9n6c87)c54)cc3)nc21. The van der Waals surface area contributed by atoms with E-state index in [9.17, 15) is 0 Å². The molecule has 232 valence electrons. The molecule has 0 fully saturated rings. The normalized spacial score (nSPS) is 14.6. The zero-order chi connectivity index (χ0) is 32.7. The van der Waals surface area contributed by atoms with Crippen molar-refractivity contribution in [3.8, 4) is 17.1 Å². The van der Waals surface area contributed by atoms with Crippen molar-refractivity contribution in [2.45, 2.75) is 12.8 Å². The Labute approximate surface area is 286 Å². The summed E-state index contributed by atoms with van der Waals surface area (Å²) in [6.45, 7) is 2.19. The summed E-state index contributed by atoms with van der Waals surface area (Å²) in [4.78, 5) is 9.75. The molecule has 11 aromatic rings. The molecule has 0 radical (unpaired) electrons. The van der Waals surface area contributed by atoms with Crippen LogP contribution in [0, 0.1) is 0 Å². The van der Waals surface area contributed by atoms with E-state index in [0.29, 0.717) is 5.92 Å². The molecule has 0 saturated carbocycles. The van der Waals surface area contributed by atoms with Crippen LogP contribution in [-0.2, 0) is 0 Å². The molecule has 1 atom stereocenters. The number of rotatable bonds is 2. The average Bonchev–Trinajstić information content (AvgIpc) is 3.92. The molecule has 0 spiro atoms. The number of hydrogen-bond donors (Lipinski definition) is 0. The Kier molecular flexibility index (Phi) is 4.94. The second-order valence-electron chi connectivity index (χ2n) is 13.8. The highest BCUT2D eigenvalue weighted by molar-refractivity contribution is 6.41. The minimum absolute atomic E-state index is 0.303. The summed E-state index contributed by atoms with van der Waals surface area (Å²) in [7, 11) is 0. The predicted molar refractivity (Wildman–Crippen MR) is 209 cm³/mol. The van der Waals surface area contributed by atoms with Gasteiger partial charge in [-0.1, -0.05) is 110 Å². The number of aromatic nitrogens is 4. The fourth-order valence-electron chi connectivity index (χ4n) is 9.06. The molecule has 4 heterocycles. The maximum Gasteiger partial charge on any atom is 0.159 e. The van der Waals surface area contributed by atoms with Crippen molar-refractivity contribution in [1.82, 2.24) is 18.9 Å². The van der Waals surface area contributed by atoms with Crippen molar-refractivity contribution in [2.75, 3.05) is 0 Å². The number of fused-ring (bicyclic) bond motifs is 16. The smallest absolute Gasteiger partial charge is 0.159 e. The quantitative estimate of drug-likeness (QED) is 0.189. The van der Waals surface area contributed by atoms with Crippen molar-refractivity contribution < 1.29 is 0 Å². The first kappa shape index (κ1) is 26.4. The van der Waals surface area contributed by atoms with Gasteiger partial charge in [0, 0.05) is 66.6 Å². The Bertz CT molecular complexity index is 3270. The first-order valence-electron chi connectivity index (χ1n) is 17.3. The van der Waals surface area contributed by atoms with Crippen molar-refractivity contribution in [3.63, 3.8) is 0 Å². The maximum absolute atomic E-state index is 4.99. The molecule has 4 nitrogen and oxygen atoms in total. The molecule has 1 aliphatic rings. The van der Waals surface area contributed by atoms with Gasteiger partial charge in [-0.25, -0.2) is 9.97 Å². The van der Waals surface area contributed by atoms with Crippen LogP contribution in [0.4, 0.5) is 0 Å². The van der Waals surface area contributed by atoms with Gasteiger partial charge in [-0.15, -0.1) is 0 Å². The van der Waals surface area contributed by atoms with Gasteiger partial charge in [-0.2, -0.15) is 0 Å². The largest absolute Gasteiger partial charge is 0.308 e. The van der Waals surface area contributed by atoms with Crippen molar-refractivity contribution >= 4 is 87.5 Å². The van der Waals surface area contributed by atoms with Gasteiger partial charge in [-0.05, 0) is 52.6 Å². The minimum Gasteiger partial charge on any atom is -0.308 e. The maximum atomic E-state index is 4.99. The van der Waals surface area contributed by atoms with Crippen molar-refractivity contribution in [3.05, 3.63) is 151 Å². The van der Waals surface area contributed by atoms with Gasteiger partial charge >= 0.3 is 0 Å². The first-order valence-corrected chi connectivity index (χ1v) is 17.3. The van der Waals surface area contributed by atoms with Crippen LogP contribution in [0.25, 0.3) is 105 Å². The van der Waals surface area contributed by atoms with E-state index >= 15 is 0 Å². The van der Waals surface area contributed by atoms with E-state index in [-0.39, 0.29) is 0 Å². The number of allylic oxidation sites excluding steroid dienone is 1. The molecule has 0 bridgehead atoms. The molecule has 0 saturated heterocycles. The summed E-state index contributed by atoms with van der Waals surface area (Å²) < 4.78 is 5.04. The van der Waals surface area contributed by atoms with E-state index in [1.54, 1.807) is 0 Å². The molecule has 12 rings (SSSR count). The molecular formula is C46H28N4. The Balaban J connectivity index is 1.27. The van der Waals surface area contributed by atoms with Gasteiger partial charge in [0.25, 0.3) is 0 Å². The van der Waals surface area contributed by atoms with Crippen molar-refractivity contribution in [1.29, 1.82) is 0 Å². The van der Waals surface area contributed by atoms with E-state index in [1.165, 1.54) is 81.4 Å². The molecule has 7 aromatic carbocycles. The molecule has 0 amide bonds. The molecule has 4 heteroatoms. The van der Waals surface area contributed by atoms with E-state index in [1.807, 2.05) is 6.20 Å². The highest BCUT2D eigenvalue weighted by atomic mass is 15.0. The monoisotopic (exact) mass is 636 g/mol. The van der Waals surface area contributed by atoms with Gasteiger partial charge in [0.15, 0.2) is 5.82 Å². The van der Waals surface area contributed by atoms with Gasteiger partial charge in [0.1, 0.15) is 0 Å². The Morgan fingerprint density at radius 3 is 2.14 bits per heavy atom. The number of benzene rings is 7. The van der Waals surface area contributed by atoms with Crippen molar-refractivity contribution in [2.24, 2.45) is 0 Å². The Morgan fingerprint density at radius 1 is 0.540 bits per heavy atom. The summed E-state index contributed by atoms with van der Waals surface area (Å²) in [5.74, 6) is 1.07. The first-order chi connectivity index (χ1) is 24.7. The highest BCUT2D eigenvalue weighted by Crippen LogP contribution is 2.49. The molecule has 0 N–H and O–H groups in total. The van der Waals surface area contributed by atoms with Crippen LogP contribution < -0.4 is 0 Å². The van der Waals surface area contributed by atoms with Crippen LogP contribution in [0.1, 0.15) is 24.1 Å². The standard InChI is InChI=1S/C46H28N4/c1-26-17-18-29-25-47-46(48-42(26)29)28-19-22-30(23-20-28)49-38-24-21-27-9-2-3-10-31(27)39(38)40-33-12-4-5-13-35(33)44-41(45(40)49)36-15-8-14-34-32-11-6-7-16-37(32)50(44)43(34)36/h2-26H,1H3. The van der Waals surface area contributed by atoms with Gasteiger partial charge < -0.3 is 8.97 Å². The van der Waals surface area contributed by atoms with E-state index in [2.05, 4.69) is 155 Å². The van der Waals surface area contributed by atoms with Gasteiger partial charge in [-0.3, -0.25) is 0 Å². The third-order valence-electron chi connectivity index (χ3n) is 11.2. The minimum atomic E-state index is 0.303. The number of hydrogen-bond acceptors (Lipinski definition) is 2. The summed E-state index contributed by atoms with van der Waals surface area (Å²) >= 11 is 0. The topological polar surface area (TPSA) is 35.1 Å². The molecule has 0 aliphatic heterocycles. The summed E-state index contributed by atoms with van der Waals surface area (Å²) in [5.41, 5.74) is 10.6. The van der Waals surface area contributed by atoms with Crippen LogP contribution in [-0.4, -0.2) is 18.9 Å². The summed E-state index contributed by atoms with van der Waals surface area (Å²) in [6, 6.07) is 47.0. The van der Waals surface area contributed by atoms with E-state index in [4.69, 9.17) is 9.97 Å². The lowest BCUT2D eigenvalue weighted by atomic mass is 9.96. The molecule has 4 aromatic heterocycles. The number of nitrogens with zero attached hydrogens (tertiary/aromatic N) is 4. The zero-order valence-corrected chi connectivity index (χ0v) is 27.2. The molecule has 1 unspecified atom stereocenters. The lowest BCUT2D eigenvalue weighted by Crippen LogP contribution is -1.99. The lowest BCUT2D eigenvalue weighted by Gasteiger charge is -2.12. The van der Waals surface area contributed by atoms with E-state index < -0.39 is 0 Å². The van der Waals surface area contributed by atoms with Crippen LogP contribution >= 0.6 is 0 Å². The van der Waals surface area contributed by atoms with Crippen LogP contribution in [0.3, 0.4) is 0 Å². The van der Waals surface area contributed by atoms with Crippen LogP contribution in [0.15, 0.2) is 140 Å². The van der Waals surface area contributed by atoms with E-state index in [0.717, 1.165) is 28.3 Å². The third-order valence-corrected chi connectivity index (χ3v) is 11.2. The second-order valence-corrected chi connectivity index (χ2v) is 13.8. The Morgan fingerprint density at radius 2 is 1.26 bits per heavy atom. The Hall–Kier alpha value is -6.52. The zero-order valence-electron chi connectivity index (χ0n) is 27.2. The fraction of sp³-hybridized carbons (Fsp3) is 0.0435. The fourth-order valence-corrected chi connectivity index (χ4v) is 9.06.